The topological polar surface area (TPSA) is 72.8 Å². The van der Waals surface area contributed by atoms with Gasteiger partial charge in [-0.05, 0) is 73.5 Å². The Bertz CT molecular complexity index is 819. The van der Waals surface area contributed by atoms with E-state index in [1.54, 1.807) is 0 Å². The van der Waals surface area contributed by atoms with Crippen LogP contribution in [0.15, 0.2) is 18.2 Å². The van der Waals surface area contributed by atoms with Gasteiger partial charge in [-0.3, -0.25) is 4.79 Å². The van der Waals surface area contributed by atoms with Crippen LogP contribution >= 0.6 is 0 Å². The molecule has 1 saturated carbocycles. The number of ketones is 1. The molecule has 0 unspecified atom stereocenters. The first-order chi connectivity index (χ1) is 17.5. The number of Topliss-reactive ketones (excluding diaryl/α,β-unsaturated/α-hetero) is 1. The number of hydrogen-bond acceptors (Lipinski definition) is 5. The minimum absolute atomic E-state index is 0.0637. The molecule has 0 aromatic heterocycles. The zero-order valence-corrected chi connectivity index (χ0v) is 22.6. The summed E-state index contributed by atoms with van der Waals surface area (Å²) in [6.45, 7) is 4.76. The van der Waals surface area contributed by atoms with Crippen molar-refractivity contribution in [3.63, 3.8) is 0 Å². The van der Waals surface area contributed by atoms with Crippen LogP contribution in [0.2, 0.25) is 0 Å². The number of fused-ring (bicyclic) bond motifs is 2. The Morgan fingerprint density at radius 2 is 1.69 bits per heavy atom. The lowest BCUT2D eigenvalue weighted by Gasteiger charge is -2.32. The van der Waals surface area contributed by atoms with Crippen molar-refractivity contribution in [2.45, 2.75) is 116 Å². The van der Waals surface area contributed by atoms with Gasteiger partial charge in [0.25, 0.3) is 0 Å². The highest BCUT2D eigenvalue weighted by Crippen LogP contribution is 2.48. The maximum absolute atomic E-state index is 12.3. The van der Waals surface area contributed by atoms with Crippen LogP contribution in [0.1, 0.15) is 108 Å². The van der Waals surface area contributed by atoms with Crippen molar-refractivity contribution in [3.05, 3.63) is 29.3 Å². The number of rotatable bonds is 17. The van der Waals surface area contributed by atoms with Crippen LogP contribution in [-0.2, 0) is 27.2 Å². The average Bonchev–Trinajstić information content (AvgIpc) is 3.18. The van der Waals surface area contributed by atoms with Crippen molar-refractivity contribution in [1.82, 2.24) is 0 Å². The first-order valence-electron chi connectivity index (χ1n) is 14.6. The van der Waals surface area contributed by atoms with Crippen molar-refractivity contribution in [2.75, 3.05) is 13.2 Å². The molecule has 3 rings (SSSR count). The standard InChI is InChI=1S/C31H48O5/c1-3-5-7-8-9-11-18-35-31(34)22-36-30-15-12-13-23-19-27-24(20-28(23)30)21-29(33)26(27)17-16-25(32)14-10-6-4-2/h12-13,15,24,26-27,29,33H,3-11,14,16-22H2,1-2H3/t24-,26+,27-,29+/m0/s1. The van der Waals surface area contributed by atoms with Crippen LogP contribution in [0, 0.1) is 17.8 Å². The molecule has 2 aliphatic rings. The molecule has 0 aliphatic heterocycles. The second kappa shape index (κ2) is 15.4. The third-order valence-electron chi connectivity index (χ3n) is 8.27. The zero-order valence-electron chi connectivity index (χ0n) is 22.6. The Kier molecular flexibility index (Phi) is 12.3. The van der Waals surface area contributed by atoms with Crippen molar-refractivity contribution < 1.29 is 24.2 Å². The molecule has 4 atom stereocenters. The predicted octanol–water partition coefficient (Wildman–Crippen LogP) is 6.61. The lowest BCUT2D eigenvalue weighted by molar-refractivity contribution is -0.146. The summed E-state index contributed by atoms with van der Waals surface area (Å²) in [5, 5.41) is 10.8. The summed E-state index contributed by atoms with van der Waals surface area (Å²) in [5.41, 5.74) is 2.42. The molecule has 5 heteroatoms. The highest BCUT2D eigenvalue weighted by molar-refractivity contribution is 5.78. The number of unbranched alkanes of at least 4 members (excludes halogenated alkanes) is 7. The van der Waals surface area contributed by atoms with E-state index < -0.39 is 0 Å². The summed E-state index contributed by atoms with van der Waals surface area (Å²) in [5.74, 6) is 1.81. The Hall–Kier alpha value is -1.88. The number of hydrogen-bond donors (Lipinski definition) is 1. The van der Waals surface area contributed by atoms with Gasteiger partial charge in [0, 0.05) is 12.8 Å². The van der Waals surface area contributed by atoms with Gasteiger partial charge in [-0.15, -0.1) is 0 Å². The van der Waals surface area contributed by atoms with E-state index in [-0.39, 0.29) is 24.6 Å². The van der Waals surface area contributed by atoms with Gasteiger partial charge in [0.2, 0.25) is 0 Å². The van der Waals surface area contributed by atoms with Gasteiger partial charge < -0.3 is 14.6 Å². The fraction of sp³-hybridized carbons (Fsp3) is 0.742. The van der Waals surface area contributed by atoms with Gasteiger partial charge in [0.15, 0.2) is 6.61 Å². The summed E-state index contributed by atoms with van der Waals surface area (Å²) in [6, 6.07) is 6.08. The van der Waals surface area contributed by atoms with E-state index >= 15 is 0 Å². The number of carbonyl (C=O) groups is 2. The van der Waals surface area contributed by atoms with E-state index in [1.165, 1.54) is 36.8 Å². The van der Waals surface area contributed by atoms with Crippen LogP contribution in [0.25, 0.3) is 0 Å². The fourth-order valence-corrected chi connectivity index (χ4v) is 6.21. The quantitative estimate of drug-likeness (QED) is 0.192. The predicted molar refractivity (Wildman–Crippen MR) is 143 cm³/mol. The second-order valence-corrected chi connectivity index (χ2v) is 11.0. The van der Waals surface area contributed by atoms with Crippen molar-refractivity contribution in [2.24, 2.45) is 17.8 Å². The van der Waals surface area contributed by atoms with Gasteiger partial charge in [-0.1, -0.05) is 70.9 Å². The van der Waals surface area contributed by atoms with Gasteiger partial charge in [0.05, 0.1) is 12.7 Å². The number of aliphatic hydroxyl groups is 1. The van der Waals surface area contributed by atoms with E-state index in [4.69, 9.17) is 9.47 Å². The molecular formula is C31H48O5. The molecule has 0 bridgehead atoms. The third-order valence-corrected chi connectivity index (χ3v) is 8.27. The van der Waals surface area contributed by atoms with Crippen LogP contribution in [0.3, 0.4) is 0 Å². The Balaban J connectivity index is 1.46. The summed E-state index contributed by atoms with van der Waals surface area (Å²) in [7, 11) is 0. The highest BCUT2D eigenvalue weighted by atomic mass is 16.6. The van der Waals surface area contributed by atoms with Gasteiger partial charge in [0.1, 0.15) is 11.5 Å². The van der Waals surface area contributed by atoms with E-state index in [0.717, 1.165) is 63.5 Å². The molecular weight excluding hydrogens is 452 g/mol. The Morgan fingerprint density at radius 1 is 0.944 bits per heavy atom. The molecule has 1 aromatic carbocycles. The summed E-state index contributed by atoms with van der Waals surface area (Å²) < 4.78 is 11.3. The zero-order chi connectivity index (χ0) is 25.8. The molecule has 1 fully saturated rings. The maximum atomic E-state index is 12.3. The first-order valence-corrected chi connectivity index (χ1v) is 14.6. The molecule has 0 spiro atoms. The van der Waals surface area contributed by atoms with Crippen LogP contribution in [0.4, 0.5) is 0 Å². The van der Waals surface area contributed by atoms with Gasteiger partial charge in [-0.25, -0.2) is 4.79 Å². The van der Waals surface area contributed by atoms with Crippen LogP contribution in [-0.4, -0.2) is 36.2 Å². The monoisotopic (exact) mass is 500 g/mol. The normalized spacial score (nSPS) is 22.6. The molecule has 5 nitrogen and oxygen atoms in total. The average molecular weight is 501 g/mol. The third kappa shape index (κ3) is 8.61. The molecule has 1 N–H and O–H groups in total. The van der Waals surface area contributed by atoms with E-state index in [0.29, 0.717) is 37.1 Å². The van der Waals surface area contributed by atoms with Crippen LogP contribution < -0.4 is 4.74 Å². The van der Waals surface area contributed by atoms with Gasteiger partial charge >= 0.3 is 5.97 Å². The molecule has 2 aliphatic carbocycles. The molecule has 0 saturated heterocycles. The van der Waals surface area contributed by atoms with E-state index in [2.05, 4.69) is 19.9 Å². The number of carbonyl (C=O) groups excluding carboxylic acids is 2. The summed E-state index contributed by atoms with van der Waals surface area (Å²) >= 11 is 0. The number of benzene rings is 1. The maximum Gasteiger partial charge on any atom is 0.344 e. The molecule has 202 valence electrons. The molecule has 36 heavy (non-hydrogen) atoms. The summed E-state index contributed by atoms with van der Waals surface area (Å²) in [4.78, 5) is 24.5. The highest BCUT2D eigenvalue weighted by Gasteiger charge is 2.44. The number of esters is 1. The molecule has 0 amide bonds. The SMILES string of the molecule is CCCCCCCCOC(=O)COc1cccc2c1C[C@H]1C[C@@H](O)[C@H](CCC(=O)CCCCC)[C@H]1C2. The van der Waals surface area contributed by atoms with E-state index in [1.807, 2.05) is 12.1 Å². The fourth-order valence-electron chi connectivity index (χ4n) is 6.21. The van der Waals surface area contributed by atoms with Crippen molar-refractivity contribution >= 4 is 11.8 Å². The van der Waals surface area contributed by atoms with Crippen molar-refractivity contribution in [1.29, 1.82) is 0 Å². The van der Waals surface area contributed by atoms with E-state index in [9.17, 15) is 14.7 Å². The first kappa shape index (κ1) is 28.7. The lowest BCUT2D eigenvalue weighted by Crippen LogP contribution is -2.28. The minimum Gasteiger partial charge on any atom is -0.482 e. The largest absolute Gasteiger partial charge is 0.482 e. The number of ether oxygens (including phenoxy) is 2. The number of aliphatic hydroxyl groups excluding tert-OH is 1. The van der Waals surface area contributed by atoms with Gasteiger partial charge in [-0.2, -0.15) is 0 Å². The lowest BCUT2D eigenvalue weighted by atomic mass is 9.73. The van der Waals surface area contributed by atoms with Crippen molar-refractivity contribution in [3.8, 4) is 5.75 Å². The minimum atomic E-state index is -0.334. The molecule has 0 radical (unpaired) electrons. The summed E-state index contributed by atoms with van der Waals surface area (Å²) in [6.07, 6.45) is 14.5. The van der Waals surface area contributed by atoms with Crippen LogP contribution in [0.5, 0.6) is 5.75 Å². The smallest absolute Gasteiger partial charge is 0.344 e. The Morgan fingerprint density at radius 3 is 2.50 bits per heavy atom. The Labute approximate surface area is 218 Å². The molecule has 0 heterocycles. The molecule has 1 aromatic rings. The second-order valence-electron chi connectivity index (χ2n) is 11.0.